The number of hydrogen-bond donors (Lipinski definition) is 2. The lowest BCUT2D eigenvalue weighted by Gasteiger charge is -2.05. The van der Waals surface area contributed by atoms with Crippen LogP contribution in [-0.2, 0) is 11.2 Å². The number of rotatable bonds is 7. The van der Waals surface area contributed by atoms with Gasteiger partial charge in [-0.05, 0) is 29.7 Å². The zero-order valence-electron chi connectivity index (χ0n) is 14.9. The molecule has 3 rings (SSSR count). The first-order valence-corrected chi connectivity index (χ1v) is 9.32. The number of nitro groups is 1. The molecule has 0 aliphatic carbocycles. The van der Waals surface area contributed by atoms with Gasteiger partial charge < -0.3 is 10.4 Å². The predicted molar refractivity (Wildman–Crippen MR) is 107 cm³/mol. The quantitative estimate of drug-likeness (QED) is 0.429. The number of nitro benzene ring substituents is 1. The number of carbonyl (C=O) groups is 2. The third kappa shape index (κ3) is 4.82. The van der Waals surface area contributed by atoms with Crippen molar-refractivity contribution in [2.45, 2.75) is 12.8 Å². The average Bonchev–Trinajstić information content (AvgIpc) is 3.11. The van der Waals surface area contributed by atoms with E-state index in [1.165, 1.54) is 30.3 Å². The summed E-state index contributed by atoms with van der Waals surface area (Å²) in [6, 6.07) is 13.4. The fraction of sp³-hybridized carbons (Fsp3) is 0.100. The number of non-ortho nitro benzene ring substituents is 1. The summed E-state index contributed by atoms with van der Waals surface area (Å²) in [5.74, 6) is -2.09. The van der Waals surface area contributed by atoms with Crippen molar-refractivity contribution in [3.63, 3.8) is 0 Å². The van der Waals surface area contributed by atoms with Crippen molar-refractivity contribution in [2.24, 2.45) is 0 Å². The molecule has 2 aromatic carbocycles. The molecule has 1 aromatic heterocycles. The van der Waals surface area contributed by atoms with Gasteiger partial charge in [-0.3, -0.25) is 14.9 Å². The number of carboxylic acids is 1. The monoisotopic (exact) mass is 414 g/mol. The minimum Gasteiger partial charge on any atom is -0.477 e. The predicted octanol–water partition coefficient (Wildman–Crippen LogP) is 4.73. The van der Waals surface area contributed by atoms with E-state index in [1.54, 1.807) is 24.3 Å². The van der Waals surface area contributed by atoms with Crippen LogP contribution in [-0.4, -0.2) is 21.9 Å². The fourth-order valence-electron chi connectivity index (χ4n) is 2.72. The molecule has 0 saturated carbocycles. The number of thiophene rings is 1. The van der Waals surface area contributed by atoms with Gasteiger partial charge in [0.05, 0.1) is 10.6 Å². The molecule has 0 atom stereocenters. The largest absolute Gasteiger partial charge is 0.477 e. The Morgan fingerprint density at radius 3 is 2.59 bits per heavy atom. The molecular formula is C20H15FN2O5S. The second-order valence-electron chi connectivity index (χ2n) is 6.11. The zero-order chi connectivity index (χ0) is 21.0. The Bertz CT molecular complexity index is 1100. The van der Waals surface area contributed by atoms with Crippen molar-refractivity contribution in [1.82, 2.24) is 0 Å². The van der Waals surface area contributed by atoms with Crippen LogP contribution in [0.4, 0.5) is 15.8 Å². The second kappa shape index (κ2) is 8.61. The van der Waals surface area contributed by atoms with Gasteiger partial charge in [0.1, 0.15) is 10.7 Å². The molecular weight excluding hydrogens is 399 g/mol. The summed E-state index contributed by atoms with van der Waals surface area (Å²) in [5.41, 5.74) is 0.841. The first-order valence-electron chi connectivity index (χ1n) is 8.50. The maximum absolute atomic E-state index is 13.7. The molecule has 0 fully saturated rings. The number of hydrogen-bond acceptors (Lipinski definition) is 5. The minimum absolute atomic E-state index is 0.0258. The molecule has 0 aliphatic heterocycles. The van der Waals surface area contributed by atoms with E-state index in [4.69, 9.17) is 0 Å². The van der Waals surface area contributed by atoms with Crippen molar-refractivity contribution in [2.75, 3.05) is 5.32 Å². The van der Waals surface area contributed by atoms with E-state index in [9.17, 15) is 29.2 Å². The lowest BCUT2D eigenvalue weighted by Crippen LogP contribution is -2.14. The Morgan fingerprint density at radius 2 is 1.90 bits per heavy atom. The van der Waals surface area contributed by atoms with Crippen LogP contribution in [0.15, 0.2) is 54.6 Å². The lowest BCUT2D eigenvalue weighted by molar-refractivity contribution is -0.384. The maximum atomic E-state index is 13.7. The summed E-state index contributed by atoms with van der Waals surface area (Å²) < 4.78 is 13.7. The number of carbonyl (C=O) groups excluding carboxylic acids is 1. The van der Waals surface area contributed by atoms with Crippen molar-refractivity contribution < 1.29 is 24.0 Å². The smallest absolute Gasteiger partial charge is 0.348 e. The van der Waals surface area contributed by atoms with Crippen molar-refractivity contribution >= 4 is 34.6 Å². The number of aromatic carboxylic acids is 1. The van der Waals surface area contributed by atoms with Crippen LogP contribution >= 0.6 is 11.3 Å². The molecule has 7 nitrogen and oxygen atoms in total. The van der Waals surface area contributed by atoms with Gasteiger partial charge in [0.15, 0.2) is 0 Å². The molecule has 0 aliphatic rings. The molecule has 1 heterocycles. The molecule has 2 N–H and O–H groups in total. The van der Waals surface area contributed by atoms with E-state index in [0.29, 0.717) is 16.0 Å². The highest BCUT2D eigenvalue weighted by Crippen LogP contribution is 2.36. The van der Waals surface area contributed by atoms with Gasteiger partial charge in [-0.2, -0.15) is 0 Å². The van der Waals surface area contributed by atoms with Crippen molar-refractivity contribution in [3.8, 4) is 10.4 Å². The Balaban J connectivity index is 1.79. The highest BCUT2D eigenvalue weighted by atomic mass is 32.1. The van der Waals surface area contributed by atoms with Crippen LogP contribution in [0.1, 0.15) is 21.7 Å². The normalized spacial score (nSPS) is 10.5. The minimum atomic E-state index is -1.23. The third-order valence-electron chi connectivity index (χ3n) is 4.12. The summed E-state index contributed by atoms with van der Waals surface area (Å²) in [7, 11) is 0. The van der Waals surface area contributed by atoms with Gasteiger partial charge in [0.25, 0.3) is 5.69 Å². The van der Waals surface area contributed by atoms with E-state index < -0.39 is 22.6 Å². The molecule has 1 amide bonds. The van der Waals surface area contributed by atoms with Gasteiger partial charge in [-0.15, -0.1) is 11.3 Å². The molecule has 0 unspecified atom stereocenters. The molecule has 0 bridgehead atoms. The topological polar surface area (TPSA) is 110 Å². The molecule has 0 spiro atoms. The molecule has 0 saturated heterocycles. The number of aryl methyl sites for hydroxylation is 1. The first kappa shape index (κ1) is 20.2. The zero-order valence-corrected chi connectivity index (χ0v) is 15.7. The maximum Gasteiger partial charge on any atom is 0.348 e. The number of benzene rings is 2. The van der Waals surface area contributed by atoms with Crippen molar-refractivity contribution in [3.05, 3.63) is 81.0 Å². The van der Waals surface area contributed by atoms with Crippen LogP contribution in [0.3, 0.4) is 0 Å². The van der Waals surface area contributed by atoms with Gasteiger partial charge in [-0.1, -0.05) is 30.3 Å². The fourth-order valence-corrected chi connectivity index (χ4v) is 3.67. The Kier molecular flexibility index (Phi) is 5.99. The Labute approximate surface area is 168 Å². The Morgan fingerprint density at radius 1 is 1.14 bits per heavy atom. The van der Waals surface area contributed by atoms with Crippen LogP contribution in [0.5, 0.6) is 0 Å². The van der Waals surface area contributed by atoms with E-state index in [1.807, 2.05) is 0 Å². The van der Waals surface area contributed by atoms with E-state index in [-0.39, 0.29) is 29.1 Å². The molecule has 148 valence electrons. The van der Waals surface area contributed by atoms with Gasteiger partial charge in [-0.25, -0.2) is 9.18 Å². The van der Waals surface area contributed by atoms with Gasteiger partial charge in [0.2, 0.25) is 5.91 Å². The molecule has 3 aromatic rings. The van der Waals surface area contributed by atoms with Gasteiger partial charge >= 0.3 is 5.97 Å². The van der Waals surface area contributed by atoms with E-state index in [2.05, 4.69) is 5.32 Å². The second-order valence-corrected chi connectivity index (χ2v) is 7.16. The van der Waals surface area contributed by atoms with Crippen LogP contribution in [0.25, 0.3) is 10.4 Å². The SMILES string of the molecule is O=C(CCc1ccccc1F)Nc1cc(-c2cccc([N+](=O)[O-])c2)sc1C(=O)O. The number of carboxylic acid groups (broad SMARTS) is 1. The third-order valence-corrected chi connectivity index (χ3v) is 5.29. The highest BCUT2D eigenvalue weighted by molar-refractivity contribution is 7.18. The average molecular weight is 414 g/mol. The van der Waals surface area contributed by atoms with Crippen LogP contribution in [0.2, 0.25) is 0 Å². The summed E-state index contributed by atoms with van der Waals surface area (Å²) in [5, 5.41) is 22.9. The van der Waals surface area contributed by atoms with Crippen LogP contribution < -0.4 is 5.32 Å². The standard InChI is InChI=1S/C20H15FN2O5S/c21-15-7-2-1-4-12(15)8-9-18(24)22-16-11-17(29-19(16)20(25)26)13-5-3-6-14(10-13)23(27)28/h1-7,10-11H,8-9H2,(H,22,24)(H,25,26). The highest BCUT2D eigenvalue weighted by Gasteiger charge is 2.19. The number of halogens is 1. The van der Waals surface area contributed by atoms with Gasteiger partial charge in [0, 0.05) is 23.4 Å². The molecule has 9 heteroatoms. The van der Waals surface area contributed by atoms with E-state index >= 15 is 0 Å². The summed E-state index contributed by atoms with van der Waals surface area (Å²) >= 11 is 0.903. The molecule has 0 radical (unpaired) electrons. The first-order chi connectivity index (χ1) is 13.8. The number of nitrogens with one attached hydrogen (secondary N) is 1. The number of anilines is 1. The summed E-state index contributed by atoms with van der Waals surface area (Å²) in [4.78, 5) is 34.6. The number of amides is 1. The lowest BCUT2D eigenvalue weighted by atomic mass is 10.1. The summed E-state index contributed by atoms with van der Waals surface area (Å²) in [6.45, 7) is 0. The summed E-state index contributed by atoms with van der Waals surface area (Å²) in [6.07, 6.45) is 0.144. The van der Waals surface area contributed by atoms with Crippen LogP contribution in [0, 0.1) is 15.9 Å². The number of nitrogens with zero attached hydrogens (tertiary/aromatic N) is 1. The molecule has 29 heavy (non-hydrogen) atoms. The Hall–Kier alpha value is -3.59. The van der Waals surface area contributed by atoms with Crippen molar-refractivity contribution in [1.29, 1.82) is 0 Å². The van der Waals surface area contributed by atoms with E-state index in [0.717, 1.165) is 11.3 Å².